The van der Waals surface area contributed by atoms with Crippen LogP contribution in [0.5, 0.6) is 0 Å². The molecule has 12 nitrogen and oxygen atoms in total. The van der Waals surface area contributed by atoms with E-state index in [1.54, 1.807) is 0 Å². The average molecular weight is 716 g/mol. The molecule has 0 aliphatic heterocycles. The van der Waals surface area contributed by atoms with Crippen LogP contribution in [0.15, 0.2) is 0 Å². The lowest BCUT2D eigenvalue weighted by Gasteiger charge is -2.09. The zero-order valence-corrected chi connectivity index (χ0v) is 27.4. The summed E-state index contributed by atoms with van der Waals surface area (Å²) in [6, 6.07) is 0. The predicted molar refractivity (Wildman–Crippen MR) is 157 cm³/mol. The Hall–Kier alpha value is 0.480. The smallest absolute Gasteiger partial charge is 0.0930 e. The van der Waals surface area contributed by atoms with E-state index in [9.17, 15) is 0 Å². The van der Waals surface area contributed by atoms with Crippen LogP contribution < -0.4 is 0 Å². The van der Waals surface area contributed by atoms with Gasteiger partial charge in [0, 0.05) is 6.61 Å². The van der Waals surface area contributed by atoms with E-state index in [1.165, 1.54) is 0 Å². The Morgan fingerprint density at radius 2 is 0.475 bits per heavy atom. The lowest BCUT2D eigenvalue weighted by atomic mass is 10.6. The Morgan fingerprint density at radius 3 is 0.650 bits per heavy atom. The van der Waals surface area contributed by atoms with Gasteiger partial charge in [0.2, 0.25) is 0 Å². The van der Waals surface area contributed by atoms with E-state index in [0.29, 0.717) is 159 Å². The fourth-order valence-electron chi connectivity index (χ4n) is 2.63. The minimum Gasteiger partial charge on any atom is -0.379 e. The zero-order chi connectivity index (χ0) is 29.0. The molecule has 14 heteroatoms. The van der Waals surface area contributed by atoms with Gasteiger partial charge in [-0.3, -0.25) is 0 Å². The number of ether oxygens (including phenoxy) is 12. The van der Waals surface area contributed by atoms with Gasteiger partial charge < -0.3 is 56.8 Å². The molecule has 0 amide bonds. The van der Waals surface area contributed by atoms with E-state index in [1.807, 2.05) is 6.92 Å². The van der Waals surface area contributed by atoms with Crippen molar-refractivity contribution >= 4 is 31.9 Å². The first-order chi connectivity index (χ1) is 19.8. The Kier molecular flexibility index (Phi) is 38.0. The van der Waals surface area contributed by atoms with Gasteiger partial charge in [0.15, 0.2) is 0 Å². The summed E-state index contributed by atoms with van der Waals surface area (Å²) in [4.78, 5) is 0. The van der Waals surface area contributed by atoms with Crippen LogP contribution >= 0.6 is 31.9 Å². The second-order valence-corrected chi connectivity index (χ2v) is 11.2. The first-order valence-electron chi connectivity index (χ1n) is 14.0. The van der Waals surface area contributed by atoms with Crippen LogP contribution in [-0.4, -0.2) is 162 Å². The second kappa shape index (κ2) is 37.5. The molecule has 0 atom stereocenters. The minimum absolute atomic E-state index is 0.174. The molecule has 0 radical (unpaired) electrons. The first kappa shape index (κ1) is 40.5. The third-order valence-corrected chi connectivity index (χ3v) is 5.07. The molecule has 0 aromatic carbocycles. The standard InChI is InChI=1S/C26H52Br2O12/c1-2-29-3-4-30-5-6-31-7-8-32-9-10-33-11-12-34-13-14-35-15-16-36-17-18-37-19-20-38-21-22-39-23-24-40-25-26(27)28/h26H,2-25H2,1H3. The molecule has 0 spiro atoms. The van der Waals surface area contributed by atoms with Gasteiger partial charge in [-0.25, -0.2) is 0 Å². The molecule has 0 aromatic rings. The maximum absolute atomic E-state index is 5.47. The Labute approximate surface area is 257 Å². The molecule has 0 aliphatic carbocycles. The summed E-state index contributed by atoms with van der Waals surface area (Å²) in [7, 11) is 0. The van der Waals surface area contributed by atoms with E-state index in [2.05, 4.69) is 31.9 Å². The van der Waals surface area contributed by atoms with E-state index in [4.69, 9.17) is 56.8 Å². The highest BCUT2D eigenvalue weighted by Gasteiger charge is 1.98. The van der Waals surface area contributed by atoms with Crippen molar-refractivity contribution in [2.75, 3.05) is 159 Å². The number of hydrogen-bond donors (Lipinski definition) is 0. The van der Waals surface area contributed by atoms with Crippen LogP contribution in [0.25, 0.3) is 0 Å². The van der Waals surface area contributed by atoms with Crippen molar-refractivity contribution in [3.8, 4) is 0 Å². The van der Waals surface area contributed by atoms with E-state index in [0.717, 1.165) is 0 Å². The van der Waals surface area contributed by atoms with Crippen molar-refractivity contribution in [1.82, 2.24) is 0 Å². The summed E-state index contributed by atoms with van der Waals surface area (Å²) in [6.07, 6.45) is 0. The number of rotatable bonds is 36. The molecular formula is C26H52Br2O12. The fourth-order valence-corrected chi connectivity index (χ4v) is 3.01. The van der Waals surface area contributed by atoms with Crippen LogP contribution in [0, 0.1) is 0 Å². The third kappa shape index (κ3) is 38.5. The number of hydrogen-bond acceptors (Lipinski definition) is 12. The summed E-state index contributed by atoms with van der Waals surface area (Å²) in [5.74, 6) is 0. The summed E-state index contributed by atoms with van der Waals surface area (Å²) in [5.41, 5.74) is 0. The molecule has 40 heavy (non-hydrogen) atoms. The zero-order valence-electron chi connectivity index (χ0n) is 24.2. The van der Waals surface area contributed by atoms with Crippen molar-refractivity contribution in [3.63, 3.8) is 0 Å². The van der Waals surface area contributed by atoms with Gasteiger partial charge >= 0.3 is 0 Å². The van der Waals surface area contributed by atoms with E-state index < -0.39 is 0 Å². The molecule has 0 heterocycles. The van der Waals surface area contributed by atoms with Crippen LogP contribution in [0.1, 0.15) is 6.92 Å². The molecule has 0 fully saturated rings. The largest absolute Gasteiger partial charge is 0.379 e. The highest BCUT2D eigenvalue weighted by Crippen LogP contribution is 2.07. The molecule has 242 valence electrons. The van der Waals surface area contributed by atoms with Gasteiger partial charge in [0.1, 0.15) is 0 Å². The molecule has 0 bridgehead atoms. The quantitative estimate of drug-likeness (QED) is 0.0702. The summed E-state index contributed by atoms with van der Waals surface area (Å²) in [5, 5.41) is 0. The molecule has 0 unspecified atom stereocenters. The second-order valence-electron chi connectivity index (χ2n) is 7.79. The van der Waals surface area contributed by atoms with Gasteiger partial charge in [-0.2, -0.15) is 0 Å². The molecule has 0 aliphatic rings. The van der Waals surface area contributed by atoms with Gasteiger partial charge in [-0.1, -0.05) is 31.9 Å². The van der Waals surface area contributed by atoms with Gasteiger partial charge in [-0.05, 0) is 6.92 Å². The Bertz CT molecular complexity index is 456. The Morgan fingerprint density at radius 1 is 0.300 bits per heavy atom. The molecule has 0 aromatic heterocycles. The van der Waals surface area contributed by atoms with E-state index >= 15 is 0 Å². The lowest BCUT2D eigenvalue weighted by Crippen LogP contribution is -2.15. The highest BCUT2D eigenvalue weighted by molar-refractivity contribution is 9.24. The first-order valence-corrected chi connectivity index (χ1v) is 15.8. The number of alkyl halides is 2. The van der Waals surface area contributed by atoms with Crippen LogP contribution in [0.3, 0.4) is 0 Å². The maximum atomic E-state index is 5.47. The van der Waals surface area contributed by atoms with Crippen LogP contribution in [0.2, 0.25) is 0 Å². The lowest BCUT2D eigenvalue weighted by molar-refractivity contribution is -0.0281. The van der Waals surface area contributed by atoms with Crippen molar-refractivity contribution < 1.29 is 56.8 Å². The monoisotopic (exact) mass is 714 g/mol. The highest BCUT2D eigenvalue weighted by atomic mass is 79.9. The molecular weight excluding hydrogens is 664 g/mol. The van der Waals surface area contributed by atoms with Crippen molar-refractivity contribution in [2.45, 2.75) is 10.7 Å². The topological polar surface area (TPSA) is 111 Å². The molecule has 0 N–H and O–H groups in total. The fraction of sp³-hybridized carbons (Fsp3) is 1.00. The van der Waals surface area contributed by atoms with Gasteiger partial charge in [0.25, 0.3) is 0 Å². The predicted octanol–water partition coefficient (Wildman–Crippen LogP) is 2.32. The summed E-state index contributed by atoms with van der Waals surface area (Å²) >= 11 is 6.68. The summed E-state index contributed by atoms with van der Waals surface area (Å²) in [6.45, 7) is 15.1. The molecule has 0 saturated carbocycles. The number of halogens is 2. The minimum atomic E-state index is 0.174. The summed E-state index contributed by atoms with van der Waals surface area (Å²) < 4.78 is 65.0. The average Bonchev–Trinajstić information content (AvgIpc) is 2.95. The van der Waals surface area contributed by atoms with Crippen molar-refractivity contribution in [2.24, 2.45) is 0 Å². The normalized spacial score (nSPS) is 11.7. The van der Waals surface area contributed by atoms with Gasteiger partial charge in [0.05, 0.1) is 156 Å². The molecule has 0 saturated heterocycles. The molecule has 0 rings (SSSR count). The van der Waals surface area contributed by atoms with Crippen LogP contribution in [0.4, 0.5) is 0 Å². The van der Waals surface area contributed by atoms with E-state index in [-0.39, 0.29) is 3.74 Å². The van der Waals surface area contributed by atoms with Crippen molar-refractivity contribution in [1.29, 1.82) is 0 Å². The van der Waals surface area contributed by atoms with Crippen molar-refractivity contribution in [3.05, 3.63) is 0 Å². The maximum Gasteiger partial charge on any atom is 0.0930 e. The van der Waals surface area contributed by atoms with Gasteiger partial charge in [-0.15, -0.1) is 0 Å². The third-order valence-electron chi connectivity index (χ3n) is 4.54. The SMILES string of the molecule is CCOCCOCCOCCOCCOCCOCCOCCOCCOCCOCCOCCOCC(Br)Br. The Balaban J connectivity index is 3.02. The van der Waals surface area contributed by atoms with Crippen LogP contribution in [-0.2, 0) is 56.8 Å².